The zero-order valence-corrected chi connectivity index (χ0v) is 13.8. The van der Waals surface area contributed by atoms with Crippen molar-refractivity contribution >= 4 is 17.4 Å². The van der Waals surface area contributed by atoms with E-state index in [1.54, 1.807) is 0 Å². The molecule has 1 N–H and O–H groups in total. The molecule has 0 saturated carbocycles. The number of hydrogen-bond acceptors (Lipinski definition) is 4. The summed E-state index contributed by atoms with van der Waals surface area (Å²) in [5, 5.41) is 4.16. The summed E-state index contributed by atoms with van der Waals surface area (Å²) in [6.07, 6.45) is 0.836. The van der Waals surface area contributed by atoms with Gasteiger partial charge in [-0.1, -0.05) is 23.7 Å². The van der Waals surface area contributed by atoms with Crippen LogP contribution in [-0.4, -0.2) is 36.1 Å². The molecule has 1 aromatic heterocycles. The molecule has 0 bridgehead atoms. The van der Waals surface area contributed by atoms with Crippen LogP contribution in [0.15, 0.2) is 24.3 Å². The Bertz CT molecular complexity index is 648. The van der Waals surface area contributed by atoms with Crippen LogP contribution in [0, 0.1) is 13.8 Å². The van der Waals surface area contributed by atoms with E-state index in [2.05, 4.69) is 34.3 Å². The first kappa shape index (κ1) is 15.3. The molecule has 1 aliphatic rings. The first-order valence-electron chi connectivity index (χ1n) is 7.68. The Kier molecular flexibility index (Phi) is 4.60. The molecular weight excluding hydrogens is 296 g/mol. The van der Waals surface area contributed by atoms with Gasteiger partial charge in [-0.2, -0.15) is 0 Å². The number of aromatic nitrogens is 2. The van der Waals surface area contributed by atoms with Crippen molar-refractivity contribution in [1.29, 1.82) is 0 Å². The van der Waals surface area contributed by atoms with Crippen molar-refractivity contribution in [3.8, 4) is 0 Å². The van der Waals surface area contributed by atoms with Crippen LogP contribution in [0.4, 0.5) is 5.82 Å². The summed E-state index contributed by atoms with van der Waals surface area (Å²) in [7, 11) is 0. The third-order valence-electron chi connectivity index (χ3n) is 4.01. The highest BCUT2D eigenvalue weighted by Crippen LogP contribution is 2.24. The molecule has 1 aromatic carbocycles. The van der Waals surface area contributed by atoms with Gasteiger partial charge in [0.2, 0.25) is 0 Å². The number of rotatable bonds is 3. The molecule has 0 unspecified atom stereocenters. The SMILES string of the molecule is Cc1nc(C)c(Cc2ccc(Cl)cc2)c(N2CCNCC2)n1. The standard InChI is InChI=1S/C17H21ClN4/c1-12-16(11-14-3-5-15(18)6-4-14)17(21-13(2)20-12)22-9-7-19-8-10-22/h3-6,19H,7-11H2,1-2H3. The van der Waals surface area contributed by atoms with Crippen LogP contribution < -0.4 is 10.2 Å². The lowest BCUT2D eigenvalue weighted by Gasteiger charge is -2.30. The van der Waals surface area contributed by atoms with Crippen molar-refractivity contribution in [2.24, 2.45) is 0 Å². The number of nitrogens with zero attached hydrogens (tertiary/aromatic N) is 3. The number of aryl methyl sites for hydroxylation is 2. The summed E-state index contributed by atoms with van der Waals surface area (Å²) in [6, 6.07) is 8.02. The quantitative estimate of drug-likeness (QED) is 0.945. The number of piperazine rings is 1. The maximum Gasteiger partial charge on any atom is 0.136 e. The predicted octanol–water partition coefficient (Wildman–Crippen LogP) is 2.75. The lowest BCUT2D eigenvalue weighted by Crippen LogP contribution is -2.44. The Morgan fingerprint density at radius 3 is 2.45 bits per heavy atom. The fraction of sp³-hybridized carbons (Fsp3) is 0.412. The lowest BCUT2D eigenvalue weighted by molar-refractivity contribution is 0.582. The number of hydrogen-bond donors (Lipinski definition) is 1. The number of nitrogens with one attached hydrogen (secondary N) is 1. The Labute approximate surface area is 136 Å². The fourth-order valence-electron chi connectivity index (χ4n) is 2.87. The third kappa shape index (κ3) is 3.39. The average Bonchev–Trinajstić information content (AvgIpc) is 2.52. The first-order valence-corrected chi connectivity index (χ1v) is 8.05. The van der Waals surface area contributed by atoms with Gasteiger partial charge in [-0.05, 0) is 31.5 Å². The topological polar surface area (TPSA) is 41.1 Å². The third-order valence-corrected chi connectivity index (χ3v) is 4.27. The summed E-state index contributed by atoms with van der Waals surface area (Å²) in [4.78, 5) is 11.7. The Morgan fingerprint density at radius 2 is 1.77 bits per heavy atom. The highest BCUT2D eigenvalue weighted by Gasteiger charge is 2.18. The molecule has 0 amide bonds. The summed E-state index contributed by atoms with van der Waals surface area (Å²) in [5.41, 5.74) is 3.52. The van der Waals surface area contributed by atoms with E-state index in [4.69, 9.17) is 16.6 Å². The van der Waals surface area contributed by atoms with Gasteiger partial charge in [0.25, 0.3) is 0 Å². The maximum atomic E-state index is 5.98. The van der Waals surface area contributed by atoms with E-state index in [0.717, 1.165) is 55.0 Å². The summed E-state index contributed by atoms with van der Waals surface area (Å²) < 4.78 is 0. The highest BCUT2D eigenvalue weighted by molar-refractivity contribution is 6.30. The van der Waals surface area contributed by atoms with Crippen molar-refractivity contribution in [3.05, 3.63) is 51.9 Å². The number of anilines is 1. The van der Waals surface area contributed by atoms with Crippen LogP contribution in [0.2, 0.25) is 5.02 Å². The van der Waals surface area contributed by atoms with Gasteiger partial charge < -0.3 is 10.2 Å². The number of benzene rings is 1. The Balaban J connectivity index is 1.95. The molecule has 0 atom stereocenters. The molecular formula is C17H21ClN4. The minimum Gasteiger partial charge on any atom is -0.354 e. The fourth-order valence-corrected chi connectivity index (χ4v) is 3.00. The van der Waals surface area contributed by atoms with E-state index in [0.29, 0.717) is 0 Å². The Hall–Kier alpha value is -1.65. The molecule has 4 nitrogen and oxygen atoms in total. The van der Waals surface area contributed by atoms with Crippen LogP contribution in [0.25, 0.3) is 0 Å². The monoisotopic (exact) mass is 316 g/mol. The van der Waals surface area contributed by atoms with Crippen molar-refractivity contribution in [2.75, 3.05) is 31.1 Å². The van der Waals surface area contributed by atoms with E-state index in [9.17, 15) is 0 Å². The van der Waals surface area contributed by atoms with E-state index in [1.807, 2.05) is 19.1 Å². The normalized spacial score (nSPS) is 15.1. The molecule has 116 valence electrons. The van der Waals surface area contributed by atoms with Crippen molar-refractivity contribution in [3.63, 3.8) is 0 Å². The molecule has 1 fully saturated rings. The van der Waals surface area contributed by atoms with Gasteiger partial charge in [0.1, 0.15) is 11.6 Å². The van der Waals surface area contributed by atoms with Gasteiger partial charge >= 0.3 is 0 Å². The smallest absolute Gasteiger partial charge is 0.136 e. The minimum atomic E-state index is 0.767. The molecule has 2 heterocycles. The summed E-state index contributed by atoms with van der Waals surface area (Å²) in [6.45, 7) is 8.02. The lowest BCUT2D eigenvalue weighted by atomic mass is 10.0. The second kappa shape index (κ2) is 6.63. The zero-order chi connectivity index (χ0) is 15.5. The van der Waals surface area contributed by atoms with Gasteiger partial charge in [0, 0.05) is 48.9 Å². The molecule has 0 radical (unpaired) electrons. The molecule has 2 aromatic rings. The first-order chi connectivity index (χ1) is 10.6. The van der Waals surface area contributed by atoms with E-state index in [1.165, 1.54) is 11.1 Å². The Morgan fingerprint density at radius 1 is 1.09 bits per heavy atom. The van der Waals surface area contributed by atoms with Gasteiger partial charge in [0.15, 0.2) is 0 Å². The summed E-state index contributed by atoms with van der Waals surface area (Å²) >= 11 is 5.98. The molecule has 1 aliphatic heterocycles. The van der Waals surface area contributed by atoms with E-state index in [-0.39, 0.29) is 0 Å². The van der Waals surface area contributed by atoms with Crippen molar-refractivity contribution < 1.29 is 0 Å². The van der Waals surface area contributed by atoms with Gasteiger partial charge in [0.05, 0.1) is 0 Å². The number of halogens is 1. The second-order valence-electron chi connectivity index (χ2n) is 5.70. The van der Waals surface area contributed by atoms with Gasteiger partial charge in [-0.3, -0.25) is 0 Å². The largest absolute Gasteiger partial charge is 0.354 e. The molecule has 0 aliphatic carbocycles. The predicted molar refractivity (Wildman–Crippen MR) is 90.8 cm³/mol. The molecule has 22 heavy (non-hydrogen) atoms. The molecule has 1 saturated heterocycles. The van der Waals surface area contributed by atoms with Crippen LogP contribution >= 0.6 is 11.6 Å². The summed E-state index contributed by atoms with van der Waals surface area (Å²) in [5.74, 6) is 1.92. The van der Waals surface area contributed by atoms with Gasteiger partial charge in [-0.25, -0.2) is 9.97 Å². The highest BCUT2D eigenvalue weighted by atomic mass is 35.5. The molecule has 3 rings (SSSR count). The van der Waals surface area contributed by atoms with Crippen molar-refractivity contribution in [2.45, 2.75) is 20.3 Å². The van der Waals surface area contributed by atoms with Crippen LogP contribution in [0.5, 0.6) is 0 Å². The van der Waals surface area contributed by atoms with Crippen molar-refractivity contribution in [1.82, 2.24) is 15.3 Å². The van der Waals surface area contributed by atoms with Crippen LogP contribution in [0.3, 0.4) is 0 Å². The van der Waals surface area contributed by atoms with Gasteiger partial charge in [-0.15, -0.1) is 0 Å². The van der Waals surface area contributed by atoms with E-state index < -0.39 is 0 Å². The average molecular weight is 317 g/mol. The molecule has 5 heteroatoms. The molecule has 0 spiro atoms. The zero-order valence-electron chi connectivity index (χ0n) is 13.1. The van der Waals surface area contributed by atoms with Crippen LogP contribution in [-0.2, 0) is 6.42 Å². The van der Waals surface area contributed by atoms with Crippen LogP contribution in [0.1, 0.15) is 22.6 Å². The second-order valence-corrected chi connectivity index (χ2v) is 6.14. The minimum absolute atomic E-state index is 0.767. The van der Waals surface area contributed by atoms with E-state index >= 15 is 0 Å². The maximum absolute atomic E-state index is 5.98.